The van der Waals surface area contributed by atoms with Crippen molar-refractivity contribution in [3.63, 3.8) is 0 Å². The summed E-state index contributed by atoms with van der Waals surface area (Å²) in [4.78, 5) is 38.7. The summed E-state index contributed by atoms with van der Waals surface area (Å²) in [5, 5.41) is 4.14. The molecule has 3 rings (SSSR count). The Morgan fingerprint density at radius 1 is 1.22 bits per heavy atom. The van der Waals surface area contributed by atoms with Crippen molar-refractivity contribution in [2.24, 2.45) is 5.92 Å². The molecule has 1 aromatic carbocycles. The maximum atomic E-state index is 13.0. The largest absolute Gasteiger partial charge is 0.497 e. The van der Waals surface area contributed by atoms with Crippen LogP contribution in [0.2, 0.25) is 0 Å². The summed E-state index contributed by atoms with van der Waals surface area (Å²) in [5.74, 6) is -1.80. The van der Waals surface area contributed by atoms with Gasteiger partial charge in [0.15, 0.2) is 5.92 Å². The van der Waals surface area contributed by atoms with Crippen LogP contribution in [0.5, 0.6) is 5.75 Å². The smallest absolute Gasteiger partial charge is 0.335 e. The number of carbonyl (C=O) groups excluding carboxylic acids is 3. The zero-order valence-corrected chi connectivity index (χ0v) is 15.2. The van der Waals surface area contributed by atoms with E-state index in [4.69, 9.17) is 9.47 Å². The van der Waals surface area contributed by atoms with E-state index >= 15 is 0 Å². The topological polar surface area (TPSA) is 100 Å². The van der Waals surface area contributed by atoms with E-state index in [2.05, 4.69) is 10.7 Å². The number of amides is 4. The van der Waals surface area contributed by atoms with E-state index in [0.29, 0.717) is 43.4 Å². The van der Waals surface area contributed by atoms with Crippen molar-refractivity contribution in [2.75, 3.05) is 38.3 Å². The van der Waals surface area contributed by atoms with Crippen molar-refractivity contribution < 1.29 is 23.9 Å². The number of ether oxygens (including phenoxy) is 2. The molecule has 9 nitrogen and oxygen atoms in total. The van der Waals surface area contributed by atoms with Crippen molar-refractivity contribution in [3.8, 4) is 5.75 Å². The van der Waals surface area contributed by atoms with Crippen LogP contribution in [0.4, 0.5) is 10.5 Å². The Morgan fingerprint density at radius 3 is 2.48 bits per heavy atom. The first kappa shape index (κ1) is 18.9. The van der Waals surface area contributed by atoms with Crippen molar-refractivity contribution in [2.45, 2.75) is 6.92 Å². The first-order valence-electron chi connectivity index (χ1n) is 8.63. The third kappa shape index (κ3) is 3.93. The Kier molecular flexibility index (Phi) is 5.72. The van der Waals surface area contributed by atoms with Gasteiger partial charge >= 0.3 is 6.03 Å². The molecule has 2 aliphatic heterocycles. The lowest BCUT2D eigenvalue weighted by Gasteiger charge is -2.35. The summed E-state index contributed by atoms with van der Waals surface area (Å²) in [6, 6.07) is 5.70. The SMILES string of the molecule is C/C=C(/NN1CCOCC1)[C@@H]1C(=O)NC(=O)N(c2ccc(OC)cc2)C1=O. The lowest BCUT2D eigenvalue weighted by Crippen LogP contribution is -2.60. The first-order valence-corrected chi connectivity index (χ1v) is 8.63. The number of barbiturate groups is 1. The van der Waals surface area contributed by atoms with Gasteiger partial charge in [0.05, 0.1) is 26.0 Å². The number of allylic oxidation sites excluding steroid dienone is 1. The summed E-state index contributed by atoms with van der Waals surface area (Å²) in [6.45, 7) is 4.11. The van der Waals surface area contributed by atoms with E-state index in [1.807, 2.05) is 5.01 Å². The molecule has 2 saturated heterocycles. The third-order valence-electron chi connectivity index (χ3n) is 4.41. The zero-order valence-electron chi connectivity index (χ0n) is 15.2. The van der Waals surface area contributed by atoms with Gasteiger partial charge in [0.1, 0.15) is 5.75 Å². The molecule has 2 heterocycles. The molecule has 2 fully saturated rings. The van der Waals surface area contributed by atoms with E-state index in [0.717, 1.165) is 4.90 Å². The Hall–Kier alpha value is -2.91. The van der Waals surface area contributed by atoms with Crippen LogP contribution in [0.1, 0.15) is 6.92 Å². The lowest BCUT2D eigenvalue weighted by molar-refractivity contribution is -0.133. The van der Waals surface area contributed by atoms with Crippen LogP contribution in [0.3, 0.4) is 0 Å². The number of nitrogens with one attached hydrogen (secondary N) is 2. The Morgan fingerprint density at radius 2 is 1.89 bits per heavy atom. The molecule has 1 aromatic rings. The highest BCUT2D eigenvalue weighted by Gasteiger charge is 2.43. The molecule has 0 aliphatic carbocycles. The highest BCUT2D eigenvalue weighted by Crippen LogP contribution is 2.25. The number of methoxy groups -OCH3 is 1. The quantitative estimate of drug-likeness (QED) is 0.730. The van der Waals surface area contributed by atoms with Crippen molar-refractivity contribution in [3.05, 3.63) is 36.0 Å². The fourth-order valence-electron chi connectivity index (χ4n) is 2.98. The van der Waals surface area contributed by atoms with Crippen molar-refractivity contribution in [1.29, 1.82) is 0 Å². The minimum Gasteiger partial charge on any atom is -0.497 e. The molecular formula is C18H22N4O5. The average Bonchev–Trinajstić information content (AvgIpc) is 2.68. The number of benzene rings is 1. The number of morpholine rings is 1. The second-order valence-corrected chi connectivity index (χ2v) is 6.05. The van der Waals surface area contributed by atoms with Crippen LogP contribution in [-0.4, -0.2) is 56.3 Å². The molecule has 0 radical (unpaired) electrons. The van der Waals surface area contributed by atoms with Gasteiger partial charge < -0.3 is 14.9 Å². The second kappa shape index (κ2) is 8.19. The van der Waals surface area contributed by atoms with E-state index in [1.165, 1.54) is 7.11 Å². The summed E-state index contributed by atoms with van der Waals surface area (Å²) in [6.07, 6.45) is 1.67. The van der Waals surface area contributed by atoms with Gasteiger partial charge in [-0.1, -0.05) is 6.08 Å². The zero-order chi connectivity index (χ0) is 19.4. The highest BCUT2D eigenvalue weighted by atomic mass is 16.5. The van der Waals surface area contributed by atoms with Gasteiger partial charge in [-0.05, 0) is 31.2 Å². The molecule has 0 aromatic heterocycles. The number of nitrogens with zero attached hydrogens (tertiary/aromatic N) is 2. The third-order valence-corrected chi connectivity index (χ3v) is 4.41. The minimum atomic E-state index is -1.14. The summed E-state index contributed by atoms with van der Waals surface area (Å²) in [5.41, 5.74) is 3.90. The number of hydrogen-bond donors (Lipinski definition) is 2. The van der Waals surface area contributed by atoms with Crippen LogP contribution in [0, 0.1) is 5.92 Å². The van der Waals surface area contributed by atoms with Crippen molar-refractivity contribution in [1.82, 2.24) is 15.8 Å². The molecule has 0 bridgehead atoms. The number of carbonyl (C=O) groups is 3. The van der Waals surface area contributed by atoms with E-state index in [-0.39, 0.29) is 0 Å². The van der Waals surface area contributed by atoms with Gasteiger partial charge in [0.25, 0.3) is 5.91 Å². The number of hydrazine groups is 1. The maximum Gasteiger partial charge on any atom is 0.335 e. The lowest BCUT2D eigenvalue weighted by atomic mass is 10.00. The van der Waals surface area contributed by atoms with Gasteiger partial charge in [-0.3, -0.25) is 14.9 Å². The molecule has 1 atom stereocenters. The molecule has 4 amide bonds. The van der Waals surface area contributed by atoms with Crippen LogP contribution >= 0.6 is 0 Å². The number of anilines is 1. The Balaban J connectivity index is 1.84. The Labute approximate surface area is 156 Å². The maximum absolute atomic E-state index is 13.0. The number of rotatable bonds is 5. The van der Waals surface area contributed by atoms with Crippen LogP contribution < -0.4 is 20.4 Å². The van der Waals surface area contributed by atoms with Crippen LogP contribution in [-0.2, 0) is 14.3 Å². The minimum absolute atomic E-state index is 0.359. The molecule has 2 N–H and O–H groups in total. The van der Waals surface area contributed by atoms with Gasteiger partial charge in [-0.25, -0.2) is 14.7 Å². The number of hydrogen-bond acceptors (Lipinski definition) is 7. The molecule has 0 spiro atoms. The van der Waals surface area contributed by atoms with Gasteiger partial charge in [0, 0.05) is 18.8 Å². The number of urea groups is 1. The molecule has 0 saturated carbocycles. The highest BCUT2D eigenvalue weighted by molar-refractivity contribution is 6.28. The summed E-state index contributed by atoms with van der Waals surface area (Å²) >= 11 is 0. The number of imide groups is 2. The Bertz CT molecular complexity index is 756. The first-order chi connectivity index (χ1) is 13.0. The molecule has 9 heteroatoms. The standard InChI is InChI=1S/C18H22N4O5/c1-3-14(20-21-8-10-27-11-9-21)15-16(23)19-18(25)22(17(15)24)12-4-6-13(26-2)7-5-12/h3-7,15,20H,8-11H2,1-2H3,(H,19,23,25)/b14-3+/t15-/m1/s1. The second-order valence-electron chi connectivity index (χ2n) is 6.05. The van der Waals surface area contributed by atoms with Crippen molar-refractivity contribution >= 4 is 23.5 Å². The normalized spacial score (nSPS) is 21.9. The molecule has 2 aliphatic rings. The van der Waals surface area contributed by atoms with E-state index < -0.39 is 23.8 Å². The van der Waals surface area contributed by atoms with E-state index in [9.17, 15) is 14.4 Å². The summed E-state index contributed by atoms with van der Waals surface area (Å²) in [7, 11) is 1.53. The molecule has 27 heavy (non-hydrogen) atoms. The molecular weight excluding hydrogens is 352 g/mol. The average molecular weight is 374 g/mol. The fraction of sp³-hybridized carbons (Fsp3) is 0.389. The van der Waals surface area contributed by atoms with Gasteiger partial charge in [-0.2, -0.15) is 0 Å². The fourth-order valence-corrected chi connectivity index (χ4v) is 2.98. The monoisotopic (exact) mass is 374 g/mol. The molecule has 0 unspecified atom stereocenters. The van der Waals surface area contributed by atoms with Gasteiger partial charge in [-0.15, -0.1) is 0 Å². The summed E-state index contributed by atoms with van der Waals surface area (Å²) < 4.78 is 10.4. The van der Waals surface area contributed by atoms with Crippen LogP contribution in [0.25, 0.3) is 0 Å². The predicted molar refractivity (Wildman–Crippen MR) is 96.8 cm³/mol. The van der Waals surface area contributed by atoms with E-state index in [1.54, 1.807) is 37.3 Å². The van der Waals surface area contributed by atoms with Crippen LogP contribution in [0.15, 0.2) is 36.0 Å². The molecule has 144 valence electrons. The predicted octanol–water partition coefficient (Wildman–Crippen LogP) is 0.635. The van der Waals surface area contributed by atoms with Gasteiger partial charge in [0.2, 0.25) is 5.91 Å².